The van der Waals surface area contributed by atoms with Gasteiger partial charge >= 0.3 is 0 Å². The number of pyridine rings is 1. The molecule has 5 heteroatoms. The summed E-state index contributed by atoms with van der Waals surface area (Å²) in [7, 11) is 0. The van der Waals surface area contributed by atoms with Gasteiger partial charge in [-0.05, 0) is 37.8 Å². The number of terminal acetylenes is 1. The second-order valence-electron chi connectivity index (χ2n) is 5.86. The fourth-order valence-corrected chi connectivity index (χ4v) is 3.39. The smallest absolute Gasteiger partial charge is 0.253 e. The van der Waals surface area contributed by atoms with Crippen LogP contribution in [0.2, 0.25) is 0 Å². The van der Waals surface area contributed by atoms with Crippen molar-refractivity contribution >= 4 is 11.7 Å². The Hall–Kier alpha value is -2.06. The maximum Gasteiger partial charge on any atom is 0.253 e. The van der Waals surface area contributed by atoms with Gasteiger partial charge in [0.25, 0.3) is 5.91 Å². The van der Waals surface area contributed by atoms with Crippen molar-refractivity contribution in [2.45, 2.75) is 37.8 Å². The Bertz CT molecular complexity index is 564. The zero-order valence-corrected chi connectivity index (χ0v) is 12.5. The highest BCUT2D eigenvalue weighted by molar-refractivity contribution is 5.94. The number of hydrogen-bond acceptors (Lipinski definition) is 4. The molecular weight excluding hydrogens is 278 g/mol. The lowest BCUT2D eigenvalue weighted by molar-refractivity contribution is 0.0619. The molecule has 2 aliphatic rings. The van der Waals surface area contributed by atoms with Crippen LogP contribution >= 0.6 is 0 Å². The predicted octanol–water partition coefficient (Wildman–Crippen LogP) is 1.81. The van der Waals surface area contributed by atoms with Crippen LogP contribution in [0.1, 0.15) is 36.0 Å². The van der Waals surface area contributed by atoms with Gasteiger partial charge < -0.3 is 15.4 Å². The molecule has 1 aromatic heterocycles. The van der Waals surface area contributed by atoms with E-state index in [2.05, 4.69) is 21.5 Å². The summed E-state index contributed by atoms with van der Waals surface area (Å²) < 4.78 is 5.78. The van der Waals surface area contributed by atoms with Crippen LogP contribution in [0.3, 0.4) is 0 Å². The second-order valence-corrected chi connectivity index (χ2v) is 5.86. The van der Waals surface area contributed by atoms with Crippen LogP contribution in [0.4, 0.5) is 5.82 Å². The summed E-state index contributed by atoms with van der Waals surface area (Å²) in [6, 6.07) is 4.03. The Balaban J connectivity index is 1.61. The van der Waals surface area contributed by atoms with Gasteiger partial charge in [-0.15, -0.1) is 6.42 Å². The molecule has 22 heavy (non-hydrogen) atoms. The third kappa shape index (κ3) is 3.23. The summed E-state index contributed by atoms with van der Waals surface area (Å²) >= 11 is 0. The Kier molecular flexibility index (Phi) is 4.59. The normalized spacial score (nSPS) is 26.8. The van der Waals surface area contributed by atoms with Crippen molar-refractivity contribution in [3.63, 3.8) is 0 Å². The molecule has 0 spiro atoms. The fourth-order valence-electron chi connectivity index (χ4n) is 3.39. The molecule has 1 aliphatic heterocycles. The van der Waals surface area contributed by atoms with E-state index in [-0.39, 0.29) is 12.5 Å². The summed E-state index contributed by atoms with van der Waals surface area (Å²) in [5, 5.41) is 6.13. The lowest BCUT2D eigenvalue weighted by Gasteiger charge is -2.33. The molecule has 2 heterocycles. The number of nitrogens with zero attached hydrogens (tertiary/aromatic N) is 1. The molecule has 2 N–H and O–H groups in total. The first-order valence-electron chi connectivity index (χ1n) is 7.84. The largest absolute Gasteiger partial charge is 0.378 e. The van der Waals surface area contributed by atoms with Crippen LogP contribution in [0.5, 0.6) is 0 Å². The zero-order valence-electron chi connectivity index (χ0n) is 12.5. The van der Waals surface area contributed by atoms with Crippen molar-refractivity contribution in [2.75, 3.05) is 18.5 Å². The van der Waals surface area contributed by atoms with Gasteiger partial charge in [0.15, 0.2) is 0 Å². The van der Waals surface area contributed by atoms with Gasteiger partial charge in [-0.2, -0.15) is 0 Å². The molecule has 0 radical (unpaired) electrons. The van der Waals surface area contributed by atoms with E-state index in [0.717, 1.165) is 25.3 Å². The minimum absolute atomic E-state index is 0.195. The Morgan fingerprint density at radius 2 is 2.32 bits per heavy atom. The number of hydrogen-bond donors (Lipinski definition) is 2. The van der Waals surface area contributed by atoms with Gasteiger partial charge in [0, 0.05) is 24.8 Å². The van der Waals surface area contributed by atoms with Crippen LogP contribution in [-0.2, 0) is 4.74 Å². The Morgan fingerprint density at radius 1 is 1.41 bits per heavy atom. The first-order chi connectivity index (χ1) is 10.8. The monoisotopic (exact) mass is 299 g/mol. The highest BCUT2D eigenvalue weighted by Gasteiger charge is 2.37. The zero-order chi connectivity index (χ0) is 15.4. The number of carbonyl (C=O) groups is 1. The van der Waals surface area contributed by atoms with E-state index in [1.165, 1.54) is 12.8 Å². The van der Waals surface area contributed by atoms with Gasteiger partial charge in [0.05, 0.1) is 18.2 Å². The molecule has 3 unspecified atom stereocenters. The molecule has 1 aliphatic carbocycles. The molecule has 1 aromatic rings. The number of nitrogens with one attached hydrogen (secondary N) is 2. The third-order valence-corrected chi connectivity index (χ3v) is 4.49. The average molecular weight is 299 g/mol. The standard InChI is InChI=1S/C17H21N3O2/c1-2-9-18-17(21)12-6-7-16(19-11-12)20-14-4-3-5-15-13(14)8-10-22-15/h1,6-7,11,13-15H,3-5,8-10H2,(H,18,21)(H,19,20). The summed E-state index contributed by atoms with van der Waals surface area (Å²) in [6.07, 6.45) is 11.7. The van der Waals surface area contributed by atoms with Gasteiger partial charge in [-0.1, -0.05) is 5.92 Å². The molecule has 0 bridgehead atoms. The van der Waals surface area contributed by atoms with Crippen molar-refractivity contribution in [3.8, 4) is 12.3 Å². The maximum atomic E-state index is 11.8. The van der Waals surface area contributed by atoms with Crippen molar-refractivity contribution < 1.29 is 9.53 Å². The van der Waals surface area contributed by atoms with E-state index >= 15 is 0 Å². The molecule has 5 nitrogen and oxygen atoms in total. The Labute approximate surface area is 130 Å². The van der Waals surface area contributed by atoms with Crippen LogP contribution in [0.25, 0.3) is 0 Å². The van der Waals surface area contributed by atoms with Gasteiger partial charge in [-0.3, -0.25) is 4.79 Å². The van der Waals surface area contributed by atoms with E-state index < -0.39 is 0 Å². The summed E-state index contributed by atoms with van der Waals surface area (Å²) in [5.41, 5.74) is 0.520. The molecule has 1 amide bonds. The van der Waals surface area contributed by atoms with E-state index in [9.17, 15) is 4.79 Å². The highest BCUT2D eigenvalue weighted by Crippen LogP contribution is 2.35. The predicted molar refractivity (Wildman–Crippen MR) is 84.5 cm³/mol. The third-order valence-electron chi connectivity index (χ3n) is 4.49. The number of aromatic nitrogens is 1. The van der Waals surface area contributed by atoms with E-state index in [0.29, 0.717) is 23.6 Å². The number of fused-ring (bicyclic) bond motifs is 1. The molecule has 1 saturated carbocycles. The average Bonchev–Trinajstić information content (AvgIpc) is 3.03. The maximum absolute atomic E-state index is 11.8. The minimum atomic E-state index is -0.195. The first kappa shape index (κ1) is 14.9. The summed E-state index contributed by atoms with van der Waals surface area (Å²) in [4.78, 5) is 16.1. The Morgan fingerprint density at radius 3 is 3.09 bits per heavy atom. The number of ether oxygens (including phenoxy) is 1. The highest BCUT2D eigenvalue weighted by atomic mass is 16.5. The van der Waals surface area contributed by atoms with Gasteiger partial charge in [0.1, 0.15) is 5.82 Å². The fraction of sp³-hybridized carbons (Fsp3) is 0.529. The van der Waals surface area contributed by atoms with Crippen molar-refractivity contribution in [2.24, 2.45) is 5.92 Å². The lowest BCUT2D eigenvalue weighted by atomic mass is 9.82. The second kappa shape index (κ2) is 6.80. The number of amides is 1. The number of rotatable bonds is 4. The molecule has 116 valence electrons. The number of anilines is 1. The first-order valence-corrected chi connectivity index (χ1v) is 7.84. The minimum Gasteiger partial charge on any atom is -0.378 e. The van der Waals surface area contributed by atoms with E-state index in [1.54, 1.807) is 12.3 Å². The quantitative estimate of drug-likeness (QED) is 0.832. The van der Waals surface area contributed by atoms with Gasteiger partial charge in [-0.25, -0.2) is 4.98 Å². The molecule has 0 aromatic carbocycles. The van der Waals surface area contributed by atoms with Crippen molar-refractivity contribution in [1.29, 1.82) is 0 Å². The summed E-state index contributed by atoms with van der Waals surface area (Å²) in [5.74, 6) is 3.57. The topological polar surface area (TPSA) is 63.2 Å². The molecule has 2 fully saturated rings. The van der Waals surface area contributed by atoms with Crippen molar-refractivity contribution in [3.05, 3.63) is 23.9 Å². The molecule has 1 saturated heterocycles. The van der Waals surface area contributed by atoms with Crippen LogP contribution < -0.4 is 10.6 Å². The van der Waals surface area contributed by atoms with Gasteiger partial charge in [0.2, 0.25) is 0 Å². The lowest BCUT2D eigenvalue weighted by Crippen LogP contribution is -2.38. The van der Waals surface area contributed by atoms with Crippen LogP contribution in [0, 0.1) is 18.3 Å². The van der Waals surface area contributed by atoms with Crippen molar-refractivity contribution in [1.82, 2.24) is 10.3 Å². The van der Waals surface area contributed by atoms with Crippen LogP contribution in [-0.4, -0.2) is 36.2 Å². The molecule has 3 rings (SSSR count). The SMILES string of the molecule is C#CCNC(=O)c1ccc(NC2CCCC3OCCC23)nc1. The van der Waals surface area contributed by atoms with E-state index in [4.69, 9.17) is 11.2 Å². The summed E-state index contributed by atoms with van der Waals surface area (Å²) in [6.45, 7) is 1.10. The van der Waals surface area contributed by atoms with Crippen LogP contribution in [0.15, 0.2) is 18.3 Å². The van der Waals surface area contributed by atoms with E-state index in [1.807, 2.05) is 6.07 Å². The number of carbonyl (C=O) groups excluding carboxylic acids is 1. The molecule has 3 atom stereocenters. The molecular formula is C17H21N3O2.